The Morgan fingerprint density at radius 2 is 1.74 bits per heavy atom. The third-order valence-electron chi connectivity index (χ3n) is 6.03. The summed E-state index contributed by atoms with van der Waals surface area (Å²) in [5.41, 5.74) is 3.95. The van der Waals surface area contributed by atoms with E-state index in [1.807, 2.05) is 49.4 Å². The van der Waals surface area contributed by atoms with E-state index in [0.29, 0.717) is 40.6 Å². The van der Waals surface area contributed by atoms with E-state index < -0.39 is 6.04 Å². The molecule has 1 atom stereocenters. The Labute approximate surface area is 207 Å². The first kappa shape index (κ1) is 22.8. The number of urea groups is 1. The van der Waals surface area contributed by atoms with E-state index in [4.69, 9.17) is 16.1 Å². The summed E-state index contributed by atoms with van der Waals surface area (Å²) in [6.45, 7) is 2.33. The highest BCUT2D eigenvalue weighted by Crippen LogP contribution is 2.37. The van der Waals surface area contributed by atoms with Crippen LogP contribution in [0.2, 0.25) is 5.02 Å². The number of benzene rings is 3. The zero-order chi connectivity index (χ0) is 24.4. The molecule has 0 saturated carbocycles. The molecule has 5 rings (SSSR count). The number of amides is 2. The predicted molar refractivity (Wildman–Crippen MR) is 132 cm³/mol. The monoisotopic (exact) mass is 488 g/mol. The number of carbonyl (C=O) groups excluding carboxylic acids is 1. The number of carbonyl (C=O) groups is 1. The Morgan fingerprint density at radius 1 is 1.03 bits per heavy atom. The molecule has 2 heterocycles. The Hall–Kier alpha value is -3.97. The van der Waals surface area contributed by atoms with Crippen molar-refractivity contribution in [2.75, 3.05) is 6.54 Å². The van der Waals surface area contributed by atoms with Crippen LogP contribution in [0.5, 0.6) is 0 Å². The second-order valence-electron chi connectivity index (χ2n) is 8.25. The van der Waals surface area contributed by atoms with Crippen LogP contribution in [-0.2, 0) is 6.42 Å². The number of hydrogen-bond donors (Lipinski definition) is 1. The fourth-order valence-electron chi connectivity index (χ4n) is 4.17. The Morgan fingerprint density at radius 3 is 2.46 bits per heavy atom. The number of hydrogen-bond acceptors (Lipinski definition) is 4. The minimum Gasteiger partial charge on any atom is -0.334 e. The predicted octanol–water partition coefficient (Wildman–Crippen LogP) is 6.27. The molecule has 1 N–H and O–H groups in total. The molecule has 0 saturated heterocycles. The molecule has 4 aromatic rings. The van der Waals surface area contributed by atoms with Crippen LogP contribution in [-0.4, -0.2) is 27.6 Å². The fourth-order valence-corrected chi connectivity index (χ4v) is 4.29. The van der Waals surface area contributed by atoms with Crippen molar-refractivity contribution in [2.45, 2.75) is 19.4 Å². The van der Waals surface area contributed by atoms with Crippen LogP contribution in [0, 0.1) is 5.82 Å². The molecule has 1 aliphatic heterocycles. The molecule has 0 aliphatic carbocycles. The van der Waals surface area contributed by atoms with E-state index in [1.54, 1.807) is 29.2 Å². The van der Waals surface area contributed by atoms with Crippen molar-refractivity contribution in [1.29, 1.82) is 0 Å². The van der Waals surface area contributed by atoms with Crippen molar-refractivity contribution in [3.05, 3.63) is 112 Å². The van der Waals surface area contributed by atoms with Gasteiger partial charge >= 0.3 is 6.03 Å². The quantitative estimate of drug-likeness (QED) is 0.347. The van der Waals surface area contributed by atoms with E-state index in [-0.39, 0.29) is 17.7 Å². The highest BCUT2D eigenvalue weighted by Gasteiger charge is 2.35. The number of allylic oxidation sites excluding steroid dienone is 1. The molecule has 6 nitrogen and oxygen atoms in total. The largest absolute Gasteiger partial charge is 0.334 e. The lowest BCUT2D eigenvalue weighted by atomic mass is 9.94. The average Bonchev–Trinajstić information content (AvgIpc) is 3.35. The summed E-state index contributed by atoms with van der Waals surface area (Å²) in [6.07, 6.45) is 0.681. The van der Waals surface area contributed by atoms with Crippen LogP contribution in [0.25, 0.3) is 17.0 Å². The fraction of sp³-hybridized carbons (Fsp3) is 0.148. The summed E-state index contributed by atoms with van der Waals surface area (Å²) in [6, 6.07) is 22.3. The molecular formula is C27H22ClFN4O2. The van der Waals surface area contributed by atoms with Gasteiger partial charge in [0.25, 0.3) is 5.89 Å². The van der Waals surface area contributed by atoms with Crippen molar-refractivity contribution in [1.82, 2.24) is 20.4 Å². The maximum absolute atomic E-state index is 13.6. The van der Waals surface area contributed by atoms with Gasteiger partial charge in [-0.2, -0.15) is 4.98 Å². The van der Waals surface area contributed by atoms with Crippen molar-refractivity contribution in [2.24, 2.45) is 0 Å². The van der Waals surface area contributed by atoms with Gasteiger partial charge in [0.1, 0.15) is 5.82 Å². The Bertz CT molecular complexity index is 1370. The van der Waals surface area contributed by atoms with Gasteiger partial charge < -0.3 is 9.84 Å². The van der Waals surface area contributed by atoms with Crippen LogP contribution in [0.3, 0.4) is 0 Å². The lowest BCUT2D eigenvalue weighted by molar-refractivity contribution is 0.205. The van der Waals surface area contributed by atoms with Gasteiger partial charge in [0.15, 0.2) is 0 Å². The van der Waals surface area contributed by atoms with Crippen molar-refractivity contribution >= 4 is 23.2 Å². The summed E-state index contributed by atoms with van der Waals surface area (Å²) < 4.78 is 19.3. The second-order valence-corrected chi connectivity index (χ2v) is 8.69. The van der Waals surface area contributed by atoms with Crippen LogP contribution in [0.4, 0.5) is 9.18 Å². The smallest absolute Gasteiger partial charge is 0.322 e. The first-order chi connectivity index (χ1) is 17.0. The molecular weight excluding hydrogens is 467 g/mol. The zero-order valence-electron chi connectivity index (χ0n) is 18.9. The number of nitrogens with zero attached hydrogens (tertiary/aromatic N) is 3. The van der Waals surface area contributed by atoms with Crippen LogP contribution >= 0.6 is 11.6 Å². The van der Waals surface area contributed by atoms with Crippen LogP contribution < -0.4 is 5.32 Å². The zero-order valence-corrected chi connectivity index (χ0v) is 19.7. The summed E-state index contributed by atoms with van der Waals surface area (Å²) in [5, 5.41) is 7.79. The molecule has 0 radical (unpaired) electrons. The summed E-state index contributed by atoms with van der Waals surface area (Å²) >= 11 is 6.00. The summed E-state index contributed by atoms with van der Waals surface area (Å²) in [7, 11) is 0. The van der Waals surface area contributed by atoms with Gasteiger partial charge in [-0.3, -0.25) is 4.90 Å². The van der Waals surface area contributed by atoms with E-state index in [0.717, 1.165) is 11.1 Å². The molecule has 0 bridgehead atoms. The third kappa shape index (κ3) is 4.81. The van der Waals surface area contributed by atoms with E-state index in [2.05, 4.69) is 15.5 Å². The molecule has 176 valence electrons. The normalized spacial score (nSPS) is 15.9. The Balaban J connectivity index is 1.54. The maximum Gasteiger partial charge on any atom is 0.322 e. The van der Waals surface area contributed by atoms with Crippen LogP contribution in [0.1, 0.15) is 30.0 Å². The van der Waals surface area contributed by atoms with Gasteiger partial charge in [0, 0.05) is 22.8 Å². The first-order valence-electron chi connectivity index (χ1n) is 11.2. The topological polar surface area (TPSA) is 71.3 Å². The maximum atomic E-state index is 13.6. The molecule has 35 heavy (non-hydrogen) atoms. The van der Waals surface area contributed by atoms with Gasteiger partial charge in [-0.25, -0.2) is 9.18 Å². The minimum atomic E-state index is -0.574. The van der Waals surface area contributed by atoms with Gasteiger partial charge in [-0.15, -0.1) is 0 Å². The Kier molecular flexibility index (Phi) is 6.33. The minimum absolute atomic E-state index is 0.242. The molecule has 1 unspecified atom stereocenters. The highest BCUT2D eigenvalue weighted by molar-refractivity contribution is 6.30. The molecule has 1 aliphatic rings. The van der Waals surface area contributed by atoms with Gasteiger partial charge in [0.05, 0.1) is 11.6 Å². The third-order valence-corrected chi connectivity index (χ3v) is 6.28. The van der Waals surface area contributed by atoms with Crippen molar-refractivity contribution in [3.8, 4) is 11.4 Å². The van der Waals surface area contributed by atoms with Crippen molar-refractivity contribution in [3.63, 3.8) is 0 Å². The molecule has 8 heteroatoms. The highest BCUT2D eigenvalue weighted by atomic mass is 35.5. The molecule has 1 aromatic heterocycles. The lowest BCUT2D eigenvalue weighted by Crippen LogP contribution is -2.46. The van der Waals surface area contributed by atoms with E-state index in [1.165, 1.54) is 12.1 Å². The SMILES string of the molecule is CC1=C(c2nc(-c3ccc(Cl)cc3)no2)C(c2ccc(F)cc2)NC(=O)N1CCc1ccccc1. The number of aromatic nitrogens is 2. The van der Waals surface area contributed by atoms with E-state index >= 15 is 0 Å². The van der Waals surface area contributed by atoms with Crippen molar-refractivity contribution < 1.29 is 13.7 Å². The molecule has 2 amide bonds. The molecule has 0 fully saturated rings. The summed E-state index contributed by atoms with van der Waals surface area (Å²) in [4.78, 5) is 19.4. The second kappa shape index (κ2) is 9.72. The first-order valence-corrected chi connectivity index (χ1v) is 11.6. The van der Waals surface area contributed by atoms with Crippen LogP contribution in [0.15, 0.2) is 89.1 Å². The molecule has 0 spiro atoms. The van der Waals surface area contributed by atoms with Gasteiger partial charge in [-0.05, 0) is 60.9 Å². The van der Waals surface area contributed by atoms with Gasteiger partial charge in [-0.1, -0.05) is 59.2 Å². The van der Waals surface area contributed by atoms with E-state index in [9.17, 15) is 9.18 Å². The lowest BCUT2D eigenvalue weighted by Gasteiger charge is -2.35. The molecule has 3 aromatic carbocycles. The number of rotatable bonds is 6. The van der Waals surface area contributed by atoms with Gasteiger partial charge in [0.2, 0.25) is 5.82 Å². The number of halogens is 2. The average molecular weight is 489 g/mol. The number of nitrogens with one attached hydrogen (secondary N) is 1. The standard InChI is InChI=1S/C27H22ClFN4O2/c1-17-23(26-31-25(32-35-26)20-7-11-21(28)12-8-20)24(19-9-13-22(29)14-10-19)30-27(34)33(17)16-15-18-5-3-2-4-6-18/h2-14,24H,15-16H2,1H3,(H,30,34). The summed E-state index contributed by atoms with van der Waals surface area (Å²) in [5.74, 6) is 0.333.